The van der Waals surface area contributed by atoms with E-state index in [-0.39, 0.29) is 5.84 Å². The lowest BCUT2D eigenvalue weighted by Crippen LogP contribution is -2.15. The van der Waals surface area contributed by atoms with Crippen LogP contribution in [-0.2, 0) is 5.75 Å². The van der Waals surface area contributed by atoms with Gasteiger partial charge in [-0.3, -0.25) is 10.4 Å². The monoisotopic (exact) mass is 245 g/mol. The highest BCUT2D eigenvalue weighted by molar-refractivity contribution is 7.98. The van der Waals surface area contributed by atoms with Crippen molar-refractivity contribution in [2.75, 3.05) is 0 Å². The van der Waals surface area contributed by atoms with Crippen molar-refractivity contribution in [1.82, 2.24) is 15.0 Å². The van der Waals surface area contributed by atoms with Crippen LogP contribution >= 0.6 is 11.8 Å². The molecule has 0 aliphatic heterocycles. The van der Waals surface area contributed by atoms with Crippen LogP contribution in [0, 0.1) is 5.41 Å². The second-order valence-corrected chi connectivity index (χ2v) is 4.19. The standard InChI is InChI=1S/C11H11N5S/c12-10(13)9-8(3-1-4-14-9)7-17-11-15-5-2-6-16-11/h1-6H,7H2,(H3,12,13). The van der Waals surface area contributed by atoms with Gasteiger partial charge in [0.05, 0.1) is 0 Å². The van der Waals surface area contributed by atoms with Crippen LogP contribution in [-0.4, -0.2) is 20.8 Å². The molecule has 0 bridgehead atoms. The lowest BCUT2D eigenvalue weighted by atomic mass is 10.2. The average Bonchev–Trinajstić information content (AvgIpc) is 2.38. The molecule has 0 fully saturated rings. The van der Waals surface area contributed by atoms with Gasteiger partial charge in [-0.2, -0.15) is 0 Å². The number of nitrogens with one attached hydrogen (secondary N) is 1. The smallest absolute Gasteiger partial charge is 0.187 e. The molecule has 2 heterocycles. The molecule has 0 radical (unpaired) electrons. The summed E-state index contributed by atoms with van der Waals surface area (Å²) in [7, 11) is 0. The van der Waals surface area contributed by atoms with Gasteiger partial charge >= 0.3 is 0 Å². The van der Waals surface area contributed by atoms with Crippen LogP contribution in [0.3, 0.4) is 0 Å². The Kier molecular flexibility index (Phi) is 3.66. The second-order valence-electron chi connectivity index (χ2n) is 3.24. The normalized spacial score (nSPS) is 10.1. The van der Waals surface area contributed by atoms with Crippen molar-refractivity contribution < 1.29 is 0 Å². The Morgan fingerprint density at radius 1 is 1.18 bits per heavy atom. The number of aromatic nitrogens is 3. The first-order valence-electron chi connectivity index (χ1n) is 4.95. The molecule has 5 nitrogen and oxygen atoms in total. The van der Waals surface area contributed by atoms with Crippen molar-refractivity contribution >= 4 is 17.6 Å². The molecule has 0 saturated carbocycles. The van der Waals surface area contributed by atoms with Gasteiger partial charge in [0.2, 0.25) is 0 Å². The van der Waals surface area contributed by atoms with E-state index in [0.29, 0.717) is 16.6 Å². The van der Waals surface area contributed by atoms with Crippen LogP contribution in [0.15, 0.2) is 41.9 Å². The Balaban J connectivity index is 2.12. The zero-order valence-electron chi connectivity index (χ0n) is 9.00. The van der Waals surface area contributed by atoms with Crippen molar-refractivity contribution in [3.05, 3.63) is 48.0 Å². The highest BCUT2D eigenvalue weighted by Gasteiger charge is 2.07. The molecule has 0 aliphatic rings. The lowest BCUT2D eigenvalue weighted by Gasteiger charge is -2.05. The zero-order chi connectivity index (χ0) is 12.1. The van der Waals surface area contributed by atoms with Crippen LogP contribution in [0.2, 0.25) is 0 Å². The van der Waals surface area contributed by atoms with Crippen molar-refractivity contribution in [3.8, 4) is 0 Å². The fourth-order valence-corrected chi connectivity index (χ4v) is 2.09. The molecule has 86 valence electrons. The molecular formula is C11H11N5S. The van der Waals surface area contributed by atoms with Crippen molar-refractivity contribution in [1.29, 1.82) is 5.41 Å². The number of nitrogens with zero attached hydrogens (tertiary/aromatic N) is 3. The molecule has 0 aliphatic carbocycles. The summed E-state index contributed by atoms with van der Waals surface area (Å²) >= 11 is 1.49. The summed E-state index contributed by atoms with van der Waals surface area (Å²) in [6.07, 6.45) is 5.03. The van der Waals surface area contributed by atoms with Crippen LogP contribution in [0.1, 0.15) is 11.3 Å². The Hall–Kier alpha value is -1.95. The summed E-state index contributed by atoms with van der Waals surface area (Å²) in [5.74, 6) is 0.627. The van der Waals surface area contributed by atoms with E-state index in [1.807, 2.05) is 12.1 Å². The van der Waals surface area contributed by atoms with Crippen molar-refractivity contribution in [2.45, 2.75) is 10.9 Å². The van der Waals surface area contributed by atoms with Gasteiger partial charge in [-0.25, -0.2) is 9.97 Å². The van der Waals surface area contributed by atoms with Crippen LogP contribution in [0.25, 0.3) is 0 Å². The zero-order valence-corrected chi connectivity index (χ0v) is 9.81. The molecule has 0 amide bonds. The minimum absolute atomic E-state index is 0.0184. The molecule has 0 saturated heterocycles. The van der Waals surface area contributed by atoms with Gasteiger partial charge < -0.3 is 5.73 Å². The molecular weight excluding hydrogens is 234 g/mol. The minimum atomic E-state index is -0.0184. The maximum absolute atomic E-state index is 7.43. The first kappa shape index (κ1) is 11.5. The molecule has 6 heteroatoms. The van der Waals surface area contributed by atoms with E-state index in [1.54, 1.807) is 24.7 Å². The number of nitrogen functional groups attached to an aromatic ring is 1. The Morgan fingerprint density at radius 2 is 1.88 bits per heavy atom. The predicted molar refractivity (Wildman–Crippen MR) is 66.8 cm³/mol. The number of rotatable bonds is 4. The van der Waals surface area contributed by atoms with E-state index < -0.39 is 0 Å². The summed E-state index contributed by atoms with van der Waals surface area (Å²) < 4.78 is 0. The molecule has 0 unspecified atom stereocenters. The SMILES string of the molecule is N=C(N)c1ncccc1CSc1ncccn1. The van der Waals surface area contributed by atoms with Gasteiger partial charge in [0.1, 0.15) is 11.5 Å². The summed E-state index contributed by atoms with van der Waals surface area (Å²) in [4.78, 5) is 12.3. The Bertz CT molecular complexity index is 514. The van der Waals surface area contributed by atoms with Gasteiger partial charge in [0.25, 0.3) is 0 Å². The van der Waals surface area contributed by atoms with Gasteiger partial charge in [-0.05, 0) is 17.7 Å². The first-order valence-corrected chi connectivity index (χ1v) is 5.94. The van der Waals surface area contributed by atoms with E-state index >= 15 is 0 Å². The molecule has 0 spiro atoms. The number of hydrogen-bond donors (Lipinski definition) is 2. The van der Waals surface area contributed by atoms with E-state index in [4.69, 9.17) is 11.1 Å². The number of amidine groups is 1. The molecule has 0 aromatic carbocycles. The Labute approximate surface area is 103 Å². The summed E-state index contributed by atoms with van der Waals surface area (Å²) in [5, 5.41) is 8.13. The van der Waals surface area contributed by atoms with Crippen LogP contribution in [0.5, 0.6) is 0 Å². The number of nitrogens with two attached hydrogens (primary N) is 1. The minimum Gasteiger partial charge on any atom is -0.382 e. The van der Waals surface area contributed by atoms with Crippen LogP contribution < -0.4 is 5.73 Å². The molecule has 0 atom stereocenters. The number of thioether (sulfide) groups is 1. The lowest BCUT2D eigenvalue weighted by molar-refractivity contribution is 0.966. The predicted octanol–water partition coefficient (Wildman–Crippen LogP) is 1.45. The number of pyridine rings is 1. The van der Waals surface area contributed by atoms with Crippen molar-refractivity contribution in [2.24, 2.45) is 5.73 Å². The molecule has 2 rings (SSSR count). The quantitative estimate of drug-likeness (QED) is 0.368. The van der Waals surface area contributed by atoms with Crippen molar-refractivity contribution in [3.63, 3.8) is 0 Å². The third-order valence-corrected chi connectivity index (χ3v) is 2.97. The summed E-state index contributed by atoms with van der Waals surface area (Å²) in [6.45, 7) is 0. The fourth-order valence-electron chi connectivity index (χ4n) is 1.30. The highest BCUT2D eigenvalue weighted by atomic mass is 32.2. The van der Waals surface area contributed by atoms with E-state index in [9.17, 15) is 0 Å². The topological polar surface area (TPSA) is 88.5 Å². The molecule has 3 N–H and O–H groups in total. The maximum atomic E-state index is 7.43. The molecule has 17 heavy (non-hydrogen) atoms. The maximum Gasteiger partial charge on any atom is 0.187 e. The van der Waals surface area contributed by atoms with Gasteiger partial charge in [-0.1, -0.05) is 17.8 Å². The highest BCUT2D eigenvalue weighted by Crippen LogP contribution is 2.19. The third-order valence-electron chi connectivity index (χ3n) is 2.05. The average molecular weight is 245 g/mol. The first-order chi connectivity index (χ1) is 8.27. The van der Waals surface area contributed by atoms with E-state index in [2.05, 4.69) is 15.0 Å². The fraction of sp³-hybridized carbons (Fsp3) is 0.0909. The van der Waals surface area contributed by atoms with Gasteiger partial charge in [0.15, 0.2) is 5.16 Å². The van der Waals surface area contributed by atoms with E-state index in [1.165, 1.54) is 11.8 Å². The van der Waals surface area contributed by atoms with Crippen LogP contribution in [0.4, 0.5) is 0 Å². The third kappa shape index (κ3) is 3.01. The van der Waals surface area contributed by atoms with Gasteiger partial charge in [0, 0.05) is 24.3 Å². The molecule has 2 aromatic heterocycles. The summed E-state index contributed by atoms with van der Waals surface area (Å²) in [6, 6.07) is 5.50. The summed E-state index contributed by atoms with van der Waals surface area (Å²) in [5.41, 5.74) is 6.90. The molecule has 2 aromatic rings. The van der Waals surface area contributed by atoms with E-state index in [0.717, 1.165) is 5.56 Å². The second kappa shape index (κ2) is 5.40. The number of hydrogen-bond acceptors (Lipinski definition) is 5. The van der Waals surface area contributed by atoms with Gasteiger partial charge in [-0.15, -0.1) is 0 Å². The largest absolute Gasteiger partial charge is 0.382 e. The Morgan fingerprint density at radius 3 is 2.59 bits per heavy atom.